The molecule has 7 heteroatoms. The summed E-state index contributed by atoms with van der Waals surface area (Å²) < 4.78 is 5.67. The number of amides is 2. The zero-order valence-electron chi connectivity index (χ0n) is 14.7. The normalized spacial score (nSPS) is 10.3. The van der Waals surface area contributed by atoms with Gasteiger partial charge in [0.1, 0.15) is 12.4 Å². The molecule has 2 amide bonds. The molecule has 2 heterocycles. The van der Waals surface area contributed by atoms with Crippen LogP contribution in [0.15, 0.2) is 61.2 Å². The number of benzene rings is 1. The molecule has 0 fully saturated rings. The summed E-state index contributed by atoms with van der Waals surface area (Å²) in [6.45, 7) is 2.16. The van der Waals surface area contributed by atoms with E-state index in [2.05, 4.69) is 15.3 Å². The van der Waals surface area contributed by atoms with Gasteiger partial charge in [0.25, 0.3) is 5.91 Å². The van der Waals surface area contributed by atoms with E-state index in [0.29, 0.717) is 17.0 Å². The van der Waals surface area contributed by atoms with Gasteiger partial charge in [-0.3, -0.25) is 19.6 Å². The van der Waals surface area contributed by atoms with Gasteiger partial charge in [-0.25, -0.2) is 0 Å². The average Bonchev–Trinajstić information content (AvgIpc) is 2.69. The third-order valence-corrected chi connectivity index (χ3v) is 3.88. The van der Waals surface area contributed by atoms with Crippen LogP contribution in [0.3, 0.4) is 0 Å². The van der Waals surface area contributed by atoms with Crippen LogP contribution in [0, 0.1) is 6.92 Å². The Morgan fingerprint density at radius 1 is 1.07 bits per heavy atom. The lowest BCUT2D eigenvalue weighted by atomic mass is 10.1. The summed E-state index contributed by atoms with van der Waals surface area (Å²) in [7, 11) is 0. The van der Waals surface area contributed by atoms with E-state index in [9.17, 15) is 9.59 Å². The molecule has 2 aromatic heterocycles. The predicted octanol–water partition coefficient (Wildman–Crippen LogP) is 2.72. The van der Waals surface area contributed by atoms with E-state index in [-0.39, 0.29) is 18.1 Å². The van der Waals surface area contributed by atoms with Crippen molar-refractivity contribution < 1.29 is 14.3 Å². The fourth-order valence-electron chi connectivity index (χ4n) is 2.38. The van der Waals surface area contributed by atoms with Crippen LogP contribution in [0.1, 0.15) is 31.8 Å². The summed E-state index contributed by atoms with van der Waals surface area (Å²) in [6.07, 6.45) is 6.01. The van der Waals surface area contributed by atoms with Crippen LogP contribution in [-0.4, -0.2) is 21.8 Å². The standard InChI is InChI=1S/C20H18N4O3/c1-13-4-5-14(12-27-17-8-16(19(21)25)10-23-11-17)7-18(13)24-20(26)15-3-2-6-22-9-15/h2-11H,12H2,1H3,(H2,21,25)(H,24,26). The molecule has 0 unspecified atom stereocenters. The number of rotatable bonds is 6. The Labute approximate surface area is 156 Å². The summed E-state index contributed by atoms with van der Waals surface area (Å²) in [5, 5.41) is 2.88. The topological polar surface area (TPSA) is 107 Å². The number of aromatic nitrogens is 2. The smallest absolute Gasteiger partial charge is 0.257 e. The van der Waals surface area contributed by atoms with Gasteiger partial charge in [-0.1, -0.05) is 12.1 Å². The molecule has 3 rings (SSSR count). The maximum Gasteiger partial charge on any atom is 0.257 e. The van der Waals surface area contributed by atoms with E-state index >= 15 is 0 Å². The molecule has 0 atom stereocenters. The minimum Gasteiger partial charge on any atom is -0.487 e. The molecule has 0 spiro atoms. The lowest BCUT2D eigenvalue weighted by molar-refractivity contribution is 0.0997. The molecular weight excluding hydrogens is 344 g/mol. The van der Waals surface area contributed by atoms with Gasteiger partial charge in [0.15, 0.2) is 0 Å². The van der Waals surface area contributed by atoms with Crippen molar-refractivity contribution in [1.82, 2.24) is 9.97 Å². The summed E-state index contributed by atoms with van der Waals surface area (Å²) in [4.78, 5) is 31.4. The number of ether oxygens (including phenoxy) is 1. The quantitative estimate of drug-likeness (QED) is 0.701. The Balaban J connectivity index is 1.71. The molecule has 0 aliphatic rings. The average molecular weight is 362 g/mol. The minimum absolute atomic E-state index is 0.234. The Bertz CT molecular complexity index is 974. The highest BCUT2D eigenvalue weighted by atomic mass is 16.5. The number of nitrogens with zero attached hydrogens (tertiary/aromatic N) is 2. The second-order valence-electron chi connectivity index (χ2n) is 5.91. The van der Waals surface area contributed by atoms with Crippen molar-refractivity contribution >= 4 is 17.5 Å². The van der Waals surface area contributed by atoms with Gasteiger partial charge >= 0.3 is 0 Å². The molecular formula is C20H18N4O3. The van der Waals surface area contributed by atoms with Gasteiger partial charge in [-0.15, -0.1) is 0 Å². The van der Waals surface area contributed by atoms with Gasteiger partial charge in [-0.05, 0) is 42.3 Å². The molecule has 0 aliphatic heterocycles. The minimum atomic E-state index is -0.566. The second-order valence-corrected chi connectivity index (χ2v) is 5.91. The molecule has 0 aliphatic carbocycles. The largest absolute Gasteiger partial charge is 0.487 e. The van der Waals surface area contributed by atoms with Crippen LogP contribution in [0.4, 0.5) is 5.69 Å². The lowest BCUT2D eigenvalue weighted by Gasteiger charge is -2.12. The lowest BCUT2D eigenvalue weighted by Crippen LogP contribution is -2.13. The number of carbonyl (C=O) groups excluding carboxylic acids is 2. The van der Waals surface area contributed by atoms with Gasteiger partial charge in [0.2, 0.25) is 5.91 Å². The number of carbonyl (C=O) groups is 2. The number of anilines is 1. The van der Waals surface area contributed by atoms with Crippen LogP contribution < -0.4 is 15.8 Å². The maximum absolute atomic E-state index is 12.3. The van der Waals surface area contributed by atoms with Gasteiger partial charge < -0.3 is 15.8 Å². The molecule has 7 nitrogen and oxygen atoms in total. The van der Waals surface area contributed by atoms with Gasteiger partial charge in [0.05, 0.1) is 17.3 Å². The monoisotopic (exact) mass is 362 g/mol. The number of primary amides is 1. The summed E-state index contributed by atoms with van der Waals surface area (Å²) in [5.74, 6) is -0.362. The first-order valence-electron chi connectivity index (χ1n) is 8.21. The highest BCUT2D eigenvalue weighted by Crippen LogP contribution is 2.20. The van der Waals surface area contributed by atoms with Crippen molar-refractivity contribution in [2.75, 3.05) is 5.32 Å². The summed E-state index contributed by atoms with van der Waals surface area (Å²) >= 11 is 0. The molecule has 3 N–H and O–H groups in total. The zero-order valence-corrected chi connectivity index (χ0v) is 14.7. The van der Waals surface area contributed by atoms with E-state index in [4.69, 9.17) is 10.5 Å². The molecule has 0 saturated carbocycles. The number of pyridine rings is 2. The van der Waals surface area contributed by atoms with Crippen molar-refractivity contribution in [2.45, 2.75) is 13.5 Å². The van der Waals surface area contributed by atoms with Gasteiger partial charge in [-0.2, -0.15) is 0 Å². The van der Waals surface area contributed by atoms with Crippen LogP contribution in [0.2, 0.25) is 0 Å². The van der Waals surface area contributed by atoms with Crippen LogP contribution in [0.25, 0.3) is 0 Å². The molecule has 1 aromatic carbocycles. The van der Waals surface area contributed by atoms with Crippen LogP contribution in [-0.2, 0) is 6.61 Å². The highest BCUT2D eigenvalue weighted by Gasteiger charge is 2.09. The molecule has 0 saturated heterocycles. The fraction of sp³-hybridized carbons (Fsp3) is 0.100. The third-order valence-electron chi connectivity index (χ3n) is 3.88. The van der Waals surface area contributed by atoms with E-state index in [1.807, 2.05) is 25.1 Å². The zero-order chi connectivity index (χ0) is 19.2. The first kappa shape index (κ1) is 18.1. The van der Waals surface area contributed by atoms with E-state index in [0.717, 1.165) is 11.1 Å². The van der Waals surface area contributed by atoms with Crippen molar-refractivity contribution in [1.29, 1.82) is 0 Å². The number of nitrogens with two attached hydrogens (primary N) is 1. The predicted molar refractivity (Wildman–Crippen MR) is 100 cm³/mol. The van der Waals surface area contributed by atoms with Crippen LogP contribution in [0.5, 0.6) is 5.75 Å². The second kappa shape index (κ2) is 8.09. The summed E-state index contributed by atoms with van der Waals surface area (Å²) in [5.41, 5.74) is 8.47. The Hall–Kier alpha value is -3.74. The number of aryl methyl sites for hydroxylation is 1. The maximum atomic E-state index is 12.3. The molecule has 136 valence electrons. The number of hydrogen-bond acceptors (Lipinski definition) is 5. The third kappa shape index (κ3) is 4.66. The fourth-order valence-corrected chi connectivity index (χ4v) is 2.38. The van der Waals surface area contributed by atoms with E-state index in [1.54, 1.807) is 18.3 Å². The van der Waals surface area contributed by atoms with Gasteiger partial charge in [0, 0.05) is 24.3 Å². The molecule has 0 bridgehead atoms. The SMILES string of the molecule is Cc1ccc(COc2cncc(C(N)=O)c2)cc1NC(=O)c1cccnc1. The summed E-state index contributed by atoms with van der Waals surface area (Å²) in [6, 6.07) is 10.6. The first-order chi connectivity index (χ1) is 13.0. The van der Waals surface area contributed by atoms with E-state index in [1.165, 1.54) is 24.7 Å². The van der Waals surface area contributed by atoms with E-state index < -0.39 is 5.91 Å². The van der Waals surface area contributed by atoms with Crippen LogP contribution >= 0.6 is 0 Å². The van der Waals surface area contributed by atoms with Crippen molar-refractivity contribution in [3.63, 3.8) is 0 Å². The van der Waals surface area contributed by atoms with Crippen molar-refractivity contribution in [3.8, 4) is 5.75 Å². The number of nitrogens with one attached hydrogen (secondary N) is 1. The Morgan fingerprint density at radius 2 is 1.89 bits per heavy atom. The first-order valence-corrected chi connectivity index (χ1v) is 8.21. The van der Waals surface area contributed by atoms with Crippen molar-refractivity contribution in [2.24, 2.45) is 5.73 Å². The number of hydrogen-bond donors (Lipinski definition) is 2. The molecule has 0 radical (unpaired) electrons. The molecule has 3 aromatic rings. The Kier molecular flexibility index (Phi) is 5.41. The van der Waals surface area contributed by atoms with Crippen molar-refractivity contribution in [3.05, 3.63) is 83.4 Å². The Morgan fingerprint density at radius 3 is 2.63 bits per heavy atom. The highest BCUT2D eigenvalue weighted by molar-refractivity contribution is 6.04. The molecule has 27 heavy (non-hydrogen) atoms.